The van der Waals surface area contributed by atoms with E-state index in [0.717, 1.165) is 6.54 Å². The van der Waals surface area contributed by atoms with Crippen LogP contribution in [0.5, 0.6) is 0 Å². The van der Waals surface area contributed by atoms with E-state index in [2.05, 4.69) is 51.2 Å². The van der Waals surface area contributed by atoms with Gasteiger partial charge in [0.2, 0.25) is 0 Å². The van der Waals surface area contributed by atoms with Crippen LogP contribution in [0.3, 0.4) is 0 Å². The van der Waals surface area contributed by atoms with E-state index in [1.807, 2.05) is 0 Å². The zero-order valence-electron chi connectivity index (χ0n) is 9.52. The second-order valence-electron chi connectivity index (χ2n) is 5.27. The summed E-state index contributed by atoms with van der Waals surface area (Å²) in [7, 11) is 0. The van der Waals surface area contributed by atoms with E-state index in [0.29, 0.717) is 6.04 Å². The molecule has 0 aliphatic carbocycles. The maximum atomic E-state index is 3.46. The van der Waals surface area contributed by atoms with Gasteiger partial charge in [-0.1, -0.05) is 39.0 Å². The molecule has 14 heavy (non-hydrogen) atoms. The minimum Gasteiger partial charge on any atom is -0.306 e. The van der Waals surface area contributed by atoms with Crippen molar-refractivity contribution in [1.82, 2.24) is 5.32 Å². The van der Waals surface area contributed by atoms with Crippen molar-refractivity contribution in [3.63, 3.8) is 0 Å². The van der Waals surface area contributed by atoms with Gasteiger partial charge in [0, 0.05) is 12.6 Å². The first-order valence-corrected chi connectivity index (χ1v) is 5.35. The normalized spacial score (nSPS) is 21.0. The Morgan fingerprint density at radius 3 is 2.64 bits per heavy atom. The third kappa shape index (κ3) is 1.57. The molecule has 0 saturated carbocycles. The third-order valence-corrected chi connectivity index (χ3v) is 3.07. The van der Waals surface area contributed by atoms with E-state index in [1.54, 1.807) is 0 Å². The number of hydrogen-bond acceptors (Lipinski definition) is 1. The zero-order valence-corrected chi connectivity index (χ0v) is 9.52. The minimum absolute atomic E-state index is 0.265. The number of nitrogens with one attached hydrogen (secondary N) is 1. The fraction of sp³-hybridized carbons (Fsp3) is 0.538. The van der Waals surface area contributed by atoms with Crippen molar-refractivity contribution in [2.45, 2.75) is 45.7 Å². The monoisotopic (exact) mass is 189 g/mol. The Morgan fingerprint density at radius 2 is 2.00 bits per heavy atom. The van der Waals surface area contributed by atoms with E-state index >= 15 is 0 Å². The van der Waals surface area contributed by atoms with Crippen LogP contribution >= 0.6 is 0 Å². The molecule has 1 atom stereocenters. The molecule has 1 heterocycles. The lowest BCUT2D eigenvalue weighted by atomic mass is 9.85. The van der Waals surface area contributed by atoms with Crippen LogP contribution in [0.4, 0.5) is 0 Å². The van der Waals surface area contributed by atoms with Gasteiger partial charge in [-0.2, -0.15) is 0 Å². The highest BCUT2D eigenvalue weighted by molar-refractivity contribution is 5.39. The van der Waals surface area contributed by atoms with Crippen LogP contribution in [-0.4, -0.2) is 0 Å². The molecule has 0 bridgehead atoms. The predicted octanol–water partition coefficient (Wildman–Crippen LogP) is 3.15. The van der Waals surface area contributed by atoms with E-state index in [1.165, 1.54) is 16.7 Å². The summed E-state index contributed by atoms with van der Waals surface area (Å²) in [4.78, 5) is 0. The Hall–Kier alpha value is -0.820. The molecule has 0 saturated heterocycles. The first kappa shape index (κ1) is 9.72. The Labute approximate surface area is 86.5 Å². The average Bonchev–Trinajstić information content (AvgIpc) is 2.46. The summed E-state index contributed by atoms with van der Waals surface area (Å²) in [5.74, 6) is 0. The highest BCUT2D eigenvalue weighted by Crippen LogP contribution is 2.30. The molecule has 1 nitrogen and oxygen atoms in total. The predicted molar refractivity (Wildman–Crippen MR) is 60.4 cm³/mol. The summed E-state index contributed by atoms with van der Waals surface area (Å²) in [5, 5.41) is 3.46. The van der Waals surface area contributed by atoms with Gasteiger partial charge >= 0.3 is 0 Å². The van der Waals surface area contributed by atoms with Crippen molar-refractivity contribution in [2.75, 3.05) is 0 Å². The summed E-state index contributed by atoms with van der Waals surface area (Å²) in [6, 6.07) is 7.42. The Morgan fingerprint density at radius 1 is 1.29 bits per heavy atom. The van der Waals surface area contributed by atoms with Crippen LogP contribution in [-0.2, 0) is 12.0 Å². The zero-order chi connectivity index (χ0) is 10.3. The SMILES string of the molecule is CC1NCc2cc(C(C)(C)C)ccc21. The molecule has 1 N–H and O–H groups in total. The van der Waals surface area contributed by atoms with Crippen molar-refractivity contribution in [2.24, 2.45) is 0 Å². The minimum atomic E-state index is 0.265. The molecule has 0 aromatic heterocycles. The van der Waals surface area contributed by atoms with Gasteiger partial charge in [0.25, 0.3) is 0 Å². The maximum absolute atomic E-state index is 3.46. The Kier molecular flexibility index (Phi) is 2.15. The van der Waals surface area contributed by atoms with Crippen LogP contribution in [0.15, 0.2) is 18.2 Å². The van der Waals surface area contributed by atoms with Crippen LogP contribution in [0.25, 0.3) is 0 Å². The quantitative estimate of drug-likeness (QED) is 0.661. The van der Waals surface area contributed by atoms with Crippen LogP contribution < -0.4 is 5.32 Å². The number of benzene rings is 1. The smallest absolute Gasteiger partial charge is 0.0298 e. The lowest BCUT2D eigenvalue weighted by Gasteiger charge is -2.20. The van der Waals surface area contributed by atoms with Crippen molar-refractivity contribution in [1.29, 1.82) is 0 Å². The summed E-state index contributed by atoms with van der Waals surface area (Å²) < 4.78 is 0. The second-order valence-corrected chi connectivity index (χ2v) is 5.27. The van der Waals surface area contributed by atoms with Crippen molar-refractivity contribution in [3.05, 3.63) is 34.9 Å². The van der Waals surface area contributed by atoms with Gasteiger partial charge in [0.05, 0.1) is 0 Å². The van der Waals surface area contributed by atoms with Gasteiger partial charge in [-0.25, -0.2) is 0 Å². The molecular weight excluding hydrogens is 170 g/mol. The van der Waals surface area contributed by atoms with Gasteiger partial charge < -0.3 is 5.32 Å². The van der Waals surface area contributed by atoms with E-state index in [-0.39, 0.29) is 5.41 Å². The van der Waals surface area contributed by atoms with Crippen LogP contribution in [0, 0.1) is 0 Å². The fourth-order valence-corrected chi connectivity index (χ4v) is 2.02. The van der Waals surface area contributed by atoms with Gasteiger partial charge in [0.15, 0.2) is 0 Å². The summed E-state index contributed by atoms with van der Waals surface area (Å²) >= 11 is 0. The first-order valence-electron chi connectivity index (χ1n) is 5.35. The molecule has 1 unspecified atom stereocenters. The van der Waals surface area contributed by atoms with Gasteiger partial charge in [-0.05, 0) is 29.0 Å². The molecule has 1 heteroatoms. The van der Waals surface area contributed by atoms with Crippen molar-refractivity contribution >= 4 is 0 Å². The van der Waals surface area contributed by atoms with E-state index < -0.39 is 0 Å². The summed E-state index contributed by atoms with van der Waals surface area (Å²) in [6.07, 6.45) is 0. The van der Waals surface area contributed by atoms with E-state index in [4.69, 9.17) is 0 Å². The lowest BCUT2D eigenvalue weighted by molar-refractivity contribution is 0.589. The number of hydrogen-bond donors (Lipinski definition) is 1. The second kappa shape index (κ2) is 3.09. The van der Waals surface area contributed by atoms with Gasteiger partial charge in [0.1, 0.15) is 0 Å². The lowest BCUT2D eigenvalue weighted by Crippen LogP contribution is -2.11. The van der Waals surface area contributed by atoms with E-state index in [9.17, 15) is 0 Å². The van der Waals surface area contributed by atoms with Gasteiger partial charge in [-0.15, -0.1) is 0 Å². The first-order chi connectivity index (χ1) is 6.48. The summed E-state index contributed by atoms with van der Waals surface area (Å²) in [5.41, 5.74) is 4.65. The van der Waals surface area contributed by atoms with Crippen molar-refractivity contribution < 1.29 is 0 Å². The molecule has 1 aromatic rings. The fourth-order valence-electron chi connectivity index (χ4n) is 2.02. The molecular formula is C13H19N. The molecule has 1 aromatic carbocycles. The number of rotatable bonds is 0. The maximum Gasteiger partial charge on any atom is 0.0298 e. The molecule has 0 amide bonds. The molecule has 0 fully saturated rings. The third-order valence-electron chi connectivity index (χ3n) is 3.07. The standard InChI is InChI=1S/C13H19N/c1-9-12-6-5-11(13(2,3)4)7-10(12)8-14-9/h5-7,9,14H,8H2,1-4H3. The molecule has 0 spiro atoms. The van der Waals surface area contributed by atoms with Crippen LogP contribution in [0.2, 0.25) is 0 Å². The highest BCUT2D eigenvalue weighted by Gasteiger charge is 2.20. The Bertz CT molecular complexity index is 347. The number of fused-ring (bicyclic) bond motifs is 1. The summed E-state index contributed by atoms with van der Waals surface area (Å²) in [6.45, 7) is 10.0. The molecule has 1 aliphatic rings. The molecule has 0 radical (unpaired) electrons. The van der Waals surface area contributed by atoms with Crippen molar-refractivity contribution in [3.8, 4) is 0 Å². The highest BCUT2D eigenvalue weighted by atomic mass is 14.9. The molecule has 1 aliphatic heterocycles. The average molecular weight is 189 g/mol. The Balaban J connectivity index is 2.42. The molecule has 2 rings (SSSR count). The van der Waals surface area contributed by atoms with Gasteiger partial charge in [-0.3, -0.25) is 0 Å². The topological polar surface area (TPSA) is 12.0 Å². The molecule has 76 valence electrons. The largest absolute Gasteiger partial charge is 0.306 e. The van der Waals surface area contributed by atoms with Crippen LogP contribution in [0.1, 0.15) is 50.4 Å².